The minimum atomic E-state index is -4.60. The van der Waals surface area contributed by atoms with Gasteiger partial charge in [-0.3, -0.25) is 0 Å². The summed E-state index contributed by atoms with van der Waals surface area (Å²) in [6.45, 7) is 1.29. The number of thiazole rings is 1. The maximum Gasteiger partial charge on any atom is 0.419 e. The van der Waals surface area contributed by atoms with Gasteiger partial charge in [0.1, 0.15) is 17.4 Å². The lowest BCUT2D eigenvalue weighted by atomic mass is 10.0. The predicted octanol–water partition coefficient (Wildman–Crippen LogP) is 6.24. The number of ether oxygens (including phenoxy) is 1. The quantitative estimate of drug-likeness (QED) is 0.326. The van der Waals surface area contributed by atoms with Crippen molar-refractivity contribution in [1.82, 2.24) is 4.98 Å². The summed E-state index contributed by atoms with van der Waals surface area (Å²) in [5, 5.41) is 11.5. The molecule has 0 saturated heterocycles. The highest BCUT2D eigenvalue weighted by Gasteiger charge is 2.35. The van der Waals surface area contributed by atoms with Gasteiger partial charge in [0.05, 0.1) is 23.4 Å². The molecular formula is C26H23F3N2O2S. The molecule has 3 N–H and O–H groups in total. The smallest absolute Gasteiger partial charge is 0.419 e. The summed E-state index contributed by atoms with van der Waals surface area (Å²) in [4.78, 5) is 4.33. The van der Waals surface area contributed by atoms with Gasteiger partial charge in [-0.1, -0.05) is 54.6 Å². The van der Waals surface area contributed by atoms with E-state index < -0.39 is 17.3 Å². The van der Waals surface area contributed by atoms with Crippen LogP contribution in [0.1, 0.15) is 23.1 Å². The minimum Gasteiger partial charge on any atom is -0.488 e. The minimum absolute atomic E-state index is 0.000371. The van der Waals surface area contributed by atoms with Crippen molar-refractivity contribution in [2.24, 2.45) is 5.73 Å². The van der Waals surface area contributed by atoms with Gasteiger partial charge >= 0.3 is 6.18 Å². The Balaban J connectivity index is 1.54. The summed E-state index contributed by atoms with van der Waals surface area (Å²) in [5.41, 5.74) is 7.54. The van der Waals surface area contributed by atoms with Crippen LogP contribution in [0.5, 0.6) is 5.75 Å². The molecule has 0 fully saturated rings. The zero-order valence-electron chi connectivity index (χ0n) is 18.3. The van der Waals surface area contributed by atoms with Crippen LogP contribution in [0.25, 0.3) is 22.4 Å². The number of aliphatic hydroxyl groups excluding tert-OH is 1. The van der Waals surface area contributed by atoms with Crippen LogP contribution in [0.4, 0.5) is 13.2 Å². The molecule has 0 amide bonds. The Bertz CT molecular complexity index is 1250. The third-order valence-electron chi connectivity index (χ3n) is 5.36. The van der Waals surface area contributed by atoms with Gasteiger partial charge in [0.25, 0.3) is 0 Å². The second kappa shape index (κ2) is 9.58. The molecule has 0 aliphatic carbocycles. The Kier molecular flexibility index (Phi) is 6.74. The van der Waals surface area contributed by atoms with E-state index in [9.17, 15) is 18.3 Å². The molecule has 1 aromatic heterocycles. The zero-order valence-corrected chi connectivity index (χ0v) is 19.2. The van der Waals surface area contributed by atoms with Crippen molar-refractivity contribution in [3.8, 4) is 28.1 Å². The standard InChI is InChI=1S/C26H23F3N2O2S/c1-25(30,16-32)24-31-22(15-34-24)20-11-12-23(21(13-20)26(27,28)29)33-14-17-7-9-19(10-8-17)18-5-3-2-4-6-18/h2-13,15,32H,14,16,30H2,1H3/t25-/m0/s1. The monoisotopic (exact) mass is 484 g/mol. The molecule has 0 bridgehead atoms. The number of hydrogen-bond donors (Lipinski definition) is 2. The van der Waals surface area contributed by atoms with Crippen LogP contribution >= 0.6 is 11.3 Å². The molecule has 4 aromatic rings. The van der Waals surface area contributed by atoms with Gasteiger partial charge < -0.3 is 15.6 Å². The first-order valence-electron chi connectivity index (χ1n) is 10.5. The molecule has 0 radical (unpaired) electrons. The van der Waals surface area contributed by atoms with Crippen molar-refractivity contribution in [3.05, 3.63) is 94.3 Å². The van der Waals surface area contributed by atoms with Gasteiger partial charge in [-0.25, -0.2) is 4.98 Å². The molecule has 8 heteroatoms. The number of rotatable bonds is 7. The molecular weight excluding hydrogens is 461 g/mol. The van der Waals surface area contributed by atoms with Gasteiger partial charge in [-0.2, -0.15) is 13.2 Å². The molecule has 4 rings (SSSR count). The third kappa shape index (κ3) is 5.30. The maximum absolute atomic E-state index is 13.8. The first kappa shape index (κ1) is 23.9. The summed E-state index contributed by atoms with van der Waals surface area (Å²) in [6.07, 6.45) is -4.60. The fraction of sp³-hybridized carbons (Fsp3) is 0.192. The summed E-state index contributed by atoms with van der Waals surface area (Å²) in [6, 6.07) is 21.2. The average Bonchev–Trinajstić information content (AvgIpc) is 3.34. The van der Waals surface area contributed by atoms with E-state index in [0.717, 1.165) is 22.8 Å². The highest BCUT2D eigenvalue weighted by Crippen LogP contribution is 2.39. The van der Waals surface area contributed by atoms with E-state index >= 15 is 0 Å². The molecule has 1 heterocycles. The van der Waals surface area contributed by atoms with E-state index in [-0.39, 0.29) is 19.0 Å². The van der Waals surface area contributed by atoms with E-state index in [1.807, 2.05) is 54.6 Å². The lowest BCUT2D eigenvalue weighted by molar-refractivity contribution is -0.139. The van der Waals surface area contributed by atoms with Crippen LogP contribution in [-0.4, -0.2) is 16.7 Å². The first-order valence-corrected chi connectivity index (χ1v) is 11.4. The van der Waals surface area contributed by atoms with E-state index in [4.69, 9.17) is 10.5 Å². The number of halogens is 3. The van der Waals surface area contributed by atoms with E-state index in [2.05, 4.69) is 4.98 Å². The van der Waals surface area contributed by atoms with Crippen LogP contribution < -0.4 is 10.5 Å². The number of aromatic nitrogens is 1. The van der Waals surface area contributed by atoms with E-state index in [1.54, 1.807) is 12.3 Å². The Morgan fingerprint density at radius 1 is 0.941 bits per heavy atom. The molecule has 1 atom stereocenters. The van der Waals surface area contributed by atoms with Crippen molar-refractivity contribution < 1.29 is 23.0 Å². The predicted molar refractivity (Wildman–Crippen MR) is 127 cm³/mol. The van der Waals surface area contributed by atoms with Crippen LogP contribution in [0, 0.1) is 0 Å². The third-order valence-corrected chi connectivity index (χ3v) is 6.48. The fourth-order valence-corrected chi connectivity index (χ4v) is 4.25. The Morgan fingerprint density at radius 2 is 1.59 bits per heavy atom. The van der Waals surface area contributed by atoms with Crippen molar-refractivity contribution in [2.75, 3.05) is 6.61 Å². The molecule has 0 saturated carbocycles. The van der Waals surface area contributed by atoms with Crippen molar-refractivity contribution in [2.45, 2.75) is 25.2 Å². The molecule has 0 spiro atoms. The van der Waals surface area contributed by atoms with Gasteiger partial charge in [-0.15, -0.1) is 11.3 Å². The highest BCUT2D eigenvalue weighted by atomic mass is 32.1. The summed E-state index contributed by atoms with van der Waals surface area (Å²) < 4.78 is 47.0. The number of aliphatic hydroxyl groups is 1. The number of alkyl halides is 3. The summed E-state index contributed by atoms with van der Waals surface area (Å²) >= 11 is 1.19. The van der Waals surface area contributed by atoms with E-state index in [1.165, 1.54) is 23.5 Å². The molecule has 4 nitrogen and oxygen atoms in total. The Hall–Kier alpha value is -3.20. The average molecular weight is 485 g/mol. The van der Waals surface area contributed by atoms with Gasteiger partial charge in [-0.05, 0) is 41.8 Å². The summed E-state index contributed by atoms with van der Waals surface area (Å²) in [7, 11) is 0. The first-order chi connectivity index (χ1) is 16.2. The Labute approximate surface area is 199 Å². The molecule has 0 aliphatic heterocycles. The van der Waals surface area contributed by atoms with Crippen LogP contribution in [0.2, 0.25) is 0 Å². The molecule has 3 aromatic carbocycles. The number of nitrogens with zero attached hydrogens (tertiary/aromatic N) is 1. The van der Waals surface area contributed by atoms with Crippen molar-refractivity contribution in [3.63, 3.8) is 0 Å². The number of nitrogens with two attached hydrogens (primary N) is 1. The Morgan fingerprint density at radius 3 is 2.24 bits per heavy atom. The van der Waals surface area contributed by atoms with Crippen LogP contribution in [0.15, 0.2) is 78.2 Å². The molecule has 176 valence electrons. The van der Waals surface area contributed by atoms with Crippen molar-refractivity contribution >= 4 is 11.3 Å². The zero-order chi connectivity index (χ0) is 24.3. The van der Waals surface area contributed by atoms with Crippen LogP contribution in [0.3, 0.4) is 0 Å². The number of benzene rings is 3. The maximum atomic E-state index is 13.8. The normalized spacial score (nSPS) is 13.5. The summed E-state index contributed by atoms with van der Waals surface area (Å²) in [5.74, 6) is -0.252. The van der Waals surface area contributed by atoms with Crippen LogP contribution in [-0.2, 0) is 18.3 Å². The van der Waals surface area contributed by atoms with Gasteiger partial charge in [0.15, 0.2) is 0 Å². The lowest BCUT2D eigenvalue weighted by Crippen LogP contribution is -2.36. The van der Waals surface area contributed by atoms with Gasteiger partial charge in [0.2, 0.25) is 0 Å². The molecule has 0 aliphatic rings. The molecule has 34 heavy (non-hydrogen) atoms. The van der Waals surface area contributed by atoms with E-state index in [0.29, 0.717) is 16.3 Å². The second-order valence-corrected chi connectivity index (χ2v) is 9.03. The molecule has 0 unspecified atom stereocenters. The SMILES string of the molecule is C[C@](N)(CO)c1nc(-c2ccc(OCc3ccc(-c4ccccc4)cc3)c(C(F)(F)F)c2)cs1. The largest absolute Gasteiger partial charge is 0.488 e. The lowest BCUT2D eigenvalue weighted by Gasteiger charge is -2.18. The number of hydrogen-bond acceptors (Lipinski definition) is 5. The van der Waals surface area contributed by atoms with Crippen molar-refractivity contribution in [1.29, 1.82) is 0 Å². The fourth-order valence-electron chi connectivity index (χ4n) is 3.36. The topological polar surface area (TPSA) is 68.4 Å². The van der Waals surface area contributed by atoms with Gasteiger partial charge in [0, 0.05) is 10.9 Å². The second-order valence-electron chi connectivity index (χ2n) is 8.17. The highest BCUT2D eigenvalue weighted by molar-refractivity contribution is 7.10.